The van der Waals surface area contributed by atoms with Gasteiger partial charge in [-0.1, -0.05) is 176 Å². The molecule has 0 atom stereocenters. The molecule has 0 radical (unpaired) electrons. The Morgan fingerprint density at radius 2 is 0.691 bits per heavy atom. The first-order valence-corrected chi connectivity index (χ1v) is 25.2. The molecule has 14 rings (SSSR count). The Balaban J connectivity index is 1.11. The predicted molar refractivity (Wildman–Crippen MR) is 296 cm³/mol. The fraction of sp³-hybridized carbons (Fsp3) is 0.188. The average Bonchev–Trinajstić information content (AvgIpc) is 3.35. The number of nitrogens with zero attached hydrogens (tertiary/aromatic N) is 2. The Morgan fingerprint density at radius 3 is 1.07 bits per heavy atom. The topological polar surface area (TPSA) is 6.48 Å². The van der Waals surface area contributed by atoms with Crippen LogP contribution in [-0.2, 0) is 0 Å². The maximum absolute atomic E-state index is 2.62. The minimum Gasteiger partial charge on any atom is -0.311 e. The van der Waals surface area contributed by atoms with Crippen molar-refractivity contribution in [3.8, 4) is 22.3 Å². The molecule has 4 heterocycles. The van der Waals surface area contributed by atoms with Crippen molar-refractivity contribution in [2.24, 2.45) is 0 Å². The van der Waals surface area contributed by atoms with Gasteiger partial charge in [0, 0.05) is 34.1 Å². The summed E-state index contributed by atoms with van der Waals surface area (Å²) in [4.78, 5) is 5.16. The van der Waals surface area contributed by atoms with E-state index >= 15 is 0 Å². The van der Waals surface area contributed by atoms with E-state index in [2.05, 4.69) is 223 Å². The van der Waals surface area contributed by atoms with E-state index in [-0.39, 0.29) is 13.4 Å². The largest absolute Gasteiger partial charge is 0.311 e. The summed E-state index contributed by atoms with van der Waals surface area (Å²) in [7, 11) is 0. The van der Waals surface area contributed by atoms with E-state index in [4.69, 9.17) is 0 Å². The molecule has 0 aliphatic carbocycles. The van der Waals surface area contributed by atoms with Crippen LogP contribution in [0.5, 0.6) is 0 Å². The molecule has 0 bridgehead atoms. The summed E-state index contributed by atoms with van der Waals surface area (Å²) < 4.78 is 0. The van der Waals surface area contributed by atoms with Gasteiger partial charge < -0.3 is 9.80 Å². The molecule has 0 fully saturated rings. The highest BCUT2D eigenvalue weighted by Crippen LogP contribution is 2.50. The van der Waals surface area contributed by atoms with Crippen molar-refractivity contribution in [1.82, 2.24) is 0 Å². The molecule has 10 aromatic rings. The lowest BCUT2D eigenvalue weighted by Crippen LogP contribution is -2.60. The Morgan fingerprint density at radius 1 is 0.309 bits per heavy atom. The SMILES string of the molecule is CC(C)c1ccc2c(c1)N(c1ccccc1)c1cc(C(C)C)cc3c1B2c1cc2ccc4c5c(cc6ccc-3c1c6c25)B1c2ccc(C(C)C)cc2N(c2ccccc2)c2cc(C(C)C)cc-4c21. The smallest absolute Gasteiger partial charge is 0.248 e. The molecule has 0 unspecified atom stereocenters. The van der Waals surface area contributed by atoms with Gasteiger partial charge in [0.25, 0.3) is 0 Å². The van der Waals surface area contributed by atoms with E-state index in [9.17, 15) is 0 Å². The van der Waals surface area contributed by atoms with Crippen molar-refractivity contribution in [2.75, 3.05) is 9.80 Å². The molecule has 326 valence electrons. The summed E-state index contributed by atoms with van der Waals surface area (Å²) in [6, 6.07) is 62.2. The minimum absolute atomic E-state index is 0.0900. The summed E-state index contributed by atoms with van der Waals surface area (Å²) in [5, 5.41) is 8.38. The second-order valence-corrected chi connectivity index (χ2v) is 21.6. The first-order chi connectivity index (χ1) is 33.0. The highest BCUT2D eigenvalue weighted by atomic mass is 15.2. The van der Waals surface area contributed by atoms with Gasteiger partial charge in [0.1, 0.15) is 0 Å². The zero-order chi connectivity index (χ0) is 46.0. The van der Waals surface area contributed by atoms with Crippen LogP contribution in [-0.4, -0.2) is 13.4 Å². The monoisotopic (exact) mass is 872 g/mol. The van der Waals surface area contributed by atoms with Gasteiger partial charge >= 0.3 is 0 Å². The Kier molecular flexibility index (Phi) is 8.40. The van der Waals surface area contributed by atoms with Gasteiger partial charge in [-0.3, -0.25) is 0 Å². The van der Waals surface area contributed by atoms with E-state index in [0.29, 0.717) is 23.7 Å². The third kappa shape index (κ3) is 5.32. The zero-order valence-corrected chi connectivity index (χ0v) is 40.4. The summed E-state index contributed by atoms with van der Waals surface area (Å²) in [6.07, 6.45) is 0. The number of fused-ring (bicyclic) bond motifs is 8. The van der Waals surface area contributed by atoms with Gasteiger partial charge in [-0.2, -0.15) is 0 Å². The summed E-state index contributed by atoms with van der Waals surface area (Å²) in [5.41, 5.74) is 27.1. The average molecular weight is 873 g/mol. The van der Waals surface area contributed by atoms with Gasteiger partial charge in [-0.25, -0.2) is 0 Å². The molecule has 0 spiro atoms. The van der Waals surface area contributed by atoms with E-state index in [1.807, 2.05) is 0 Å². The number of benzene rings is 10. The van der Waals surface area contributed by atoms with Gasteiger partial charge in [-0.15, -0.1) is 0 Å². The molecule has 2 nitrogen and oxygen atoms in total. The first kappa shape index (κ1) is 40.1. The van der Waals surface area contributed by atoms with Crippen molar-refractivity contribution in [1.29, 1.82) is 0 Å². The van der Waals surface area contributed by atoms with Crippen LogP contribution in [0.15, 0.2) is 158 Å². The molecular weight excluding hydrogens is 818 g/mol. The number of anilines is 6. The standard InChI is InChI=1S/C64H54B2N2/c1-35(2)39-21-25-51-55(31-39)67(45-15-11-9-12-16-45)57-33-43(37(5)6)27-49-47-23-20-42-30-54-62-48(24-19-41-29-53(65(51)63(49)57)61(47)59(42)60(41)62)50-28-44(38(7)8)34-58-64(50)66(54)52-26-22-40(36(3)4)32-56(52)68(58)46-17-13-10-14-18-46/h9-38H,1-8H3. The third-order valence-electron chi connectivity index (χ3n) is 16.5. The molecule has 0 saturated heterocycles. The predicted octanol–water partition coefficient (Wildman–Crippen LogP) is 13.6. The van der Waals surface area contributed by atoms with Crippen molar-refractivity contribution in [3.05, 3.63) is 180 Å². The van der Waals surface area contributed by atoms with Gasteiger partial charge in [0.15, 0.2) is 0 Å². The second kappa shape index (κ2) is 14.3. The Bertz CT molecular complexity index is 3520. The number of rotatable bonds is 6. The third-order valence-corrected chi connectivity index (χ3v) is 16.5. The molecule has 10 aromatic carbocycles. The fourth-order valence-electron chi connectivity index (χ4n) is 13.1. The Hall–Kier alpha value is -7.03. The van der Waals surface area contributed by atoms with Crippen LogP contribution >= 0.6 is 0 Å². The summed E-state index contributed by atoms with van der Waals surface area (Å²) in [6.45, 7) is 18.9. The number of hydrogen-bond acceptors (Lipinski definition) is 2. The first-order valence-electron chi connectivity index (χ1n) is 25.2. The van der Waals surface area contributed by atoms with E-state index < -0.39 is 0 Å². The molecular formula is C64H54B2N2. The minimum atomic E-state index is 0.0900. The van der Waals surface area contributed by atoms with Crippen LogP contribution in [0.1, 0.15) is 101 Å². The molecule has 68 heavy (non-hydrogen) atoms. The van der Waals surface area contributed by atoms with Crippen LogP contribution in [0.4, 0.5) is 34.1 Å². The van der Waals surface area contributed by atoms with Crippen LogP contribution in [0.2, 0.25) is 0 Å². The highest BCUT2D eigenvalue weighted by Gasteiger charge is 2.45. The van der Waals surface area contributed by atoms with Crippen LogP contribution in [0.3, 0.4) is 0 Å². The van der Waals surface area contributed by atoms with Crippen molar-refractivity contribution in [2.45, 2.75) is 79.1 Å². The lowest BCUT2D eigenvalue weighted by Gasteiger charge is -2.42. The maximum atomic E-state index is 2.62. The number of hydrogen-bond donors (Lipinski definition) is 0. The van der Waals surface area contributed by atoms with Crippen molar-refractivity contribution < 1.29 is 0 Å². The van der Waals surface area contributed by atoms with Crippen LogP contribution in [0, 0.1) is 0 Å². The van der Waals surface area contributed by atoms with E-state index in [0.717, 1.165) is 0 Å². The number of para-hydroxylation sites is 2. The molecule has 0 N–H and O–H groups in total. The molecule has 4 aliphatic rings. The summed E-state index contributed by atoms with van der Waals surface area (Å²) in [5.74, 6) is 1.57. The summed E-state index contributed by atoms with van der Waals surface area (Å²) >= 11 is 0. The van der Waals surface area contributed by atoms with Crippen molar-refractivity contribution >= 4 is 113 Å². The molecule has 0 saturated carbocycles. The molecule has 0 aromatic heterocycles. The Labute approximate surface area is 401 Å². The van der Waals surface area contributed by atoms with Gasteiger partial charge in [0.05, 0.1) is 0 Å². The highest BCUT2D eigenvalue weighted by molar-refractivity contribution is 7.02. The van der Waals surface area contributed by atoms with Crippen molar-refractivity contribution in [3.63, 3.8) is 0 Å². The second-order valence-electron chi connectivity index (χ2n) is 21.6. The fourth-order valence-corrected chi connectivity index (χ4v) is 13.1. The van der Waals surface area contributed by atoms with Crippen LogP contribution < -0.4 is 42.6 Å². The molecule has 4 heteroatoms. The molecule has 0 amide bonds. The van der Waals surface area contributed by atoms with E-state index in [1.165, 1.54) is 144 Å². The normalized spacial score (nSPS) is 14.0. The van der Waals surface area contributed by atoms with Gasteiger partial charge in [0.2, 0.25) is 13.4 Å². The molecule has 4 aliphatic heterocycles. The lowest BCUT2D eigenvalue weighted by atomic mass is 9.31. The zero-order valence-electron chi connectivity index (χ0n) is 40.4. The van der Waals surface area contributed by atoms with Crippen LogP contribution in [0.25, 0.3) is 54.6 Å². The quantitative estimate of drug-likeness (QED) is 0.121. The maximum Gasteiger partial charge on any atom is 0.248 e. The lowest BCUT2D eigenvalue weighted by molar-refractivity contribution is 0.865. The van der Waals surface area contributed by atoms with Gasteiger partial charge in [-0.05, 0) is 171 Å². The van der Waals surface area contributed by atoms with E-state index in [1.54, 1.807) is 0 Å².